The number of hydrogen-bond donors (Lipinski definition) is 2. The molecule has 1 rings (SSSR count). The maximum atomic E-state index is 8.78. The fourth-order valence-corrected chi connectivity index (χ4v) is 0.839. The second kappa shape index (κ2) is 8.03. The molecule has 3 N–H and O–H groups in total. The van der Waals surface area contributed by atoms with E-state index in [9.17, 15) is 0 Å². The number of nitrogens with two attached hydrogens (primary N) is 1. The van der Waals surface area contributed by atoms with Crippen LogP contribution in [0.1, 0.15) is 19.8 Å². The zero-order valence-electron chi connectivity index (χ0n) is 8.26. The van der Waals surface area contributed by atoms with Gasteiger partial charge in [-0.25, -0.2) is 9.79 Å². The Hall–Kier alpha value is -1.59. The minimum atomic E-state index is -1.33. The molecule has 6 nitrogen and oxygen atoms in total. The maximum absolute atomic E-state index is 8.78. The Kier molecular flexibility index (Phi) is 7.12. The van der Waals surface area contributed by atoms with Crippen LogP contribution in [0.4, 0.5) is 4.79 Å². The van der Waals surface area contributed by atoms with Crippen molar-refractivity contribution in [2.24, 2.45) is 15.7 Å². The molecular weight excluding hydrogens is 184 g/mol. The first kappa shape index (κ1) is 12.4. The molecule has 1 aliphatic rings. The van der Waals surface area contributed by atoms with Crippen molar-refractivity contribution in [3.8, 4) is 0 Å². The van der Waals surface area contributed by atoms with Gasteiger partial charge in [0, 0.05) is 6.54 Å². The summed E-state index contributed by atoms with van der Waals surface area (Å²) in [7, 11) is 0. The van der Waals surface area contributed by atoms with Gasteiger partial charge >= 0.3 is 6.09 Å². The van der Waals surface area contributed by atoms with Crippen LogP contribution in [-0.2, 0) is 0 Å². The molecule has 0 spiro atoms. The first-order valence-corrected chi connectivity index (χ1v) is 4.40. The number of unbranched alkanes of at least 4 members (excludes halogenated alkanes) is 1. The van der Waals surface area contributed by atoms with E-state index in [1.54, 1.807) is 6.34 Å². The highest BCUT2D eigenvalue weighted by Gasteiger charge is 1.98. The summed E-state index contributed by atoms with van der Waals surface area (Å²) in [5, 5.41) is 7.19. The zero-order valence-corrected chi connectivity index (χ0v) is 8.26. The van der Waals surface area contributed by atoms with Crippen LogP contribution < -0.4 is 5.73 Å². The van der Waals surface area contributed by atoms with Crippen LogP contribution in [-0.4, -0.2) is 42.0 Å². The fourth-order valence-electron chi connectivity index (χ4n) is 0.839. The molecule has 6 heteroatoms. The smallest absolute Gasteiger partial charge is 0.402 e. The Balaban J connectivity index is 0.000000364. The fraction of sp³-hybridized carbons (Fsp3) is 0.625. The van der Waals surface area contributed by atoms with E-state index in [0.29, 0.717) is 0 Å². The van der Waals surface area contributed by atoms with E-state index in [-0.39, 0.29) is 0 Å². The third-order valence-corrected chi connectivity index (χ3v) is 1.44. The van der Waals surface area contributed by atoms with E-state index in [1.165, 1.54) is 12.8 Å². The normalized spacial score (nSPS) is 13.4. The predicted octanol–water partition coefficient (Wildman–Crippen LogP) is 0.739. The summed E-state index contributed by atoms with van der Waals surface area (Å²) in [5.41, 5.74) is 4.03. The third kappa shape index (κ3) is 8.51. The van der Waals surface area contributed by atoms with Gasteiger partial charge in [-0.2, -0.15) is 0 Å². The molecule has 0 bridgehead atoms. The second-order valence-corrected chi connectivity index (χ2v) is 2.71. The van der Waals surface area contributed by atoms with E-state index in [2.05, 4.69) is 27.5 Å². The number of rotatable bonds is 3. The van der Waals surface area contributed by atoms with Gasteiger partial charge in [0.15, 0.2) is 0 Å². The number of hydrogen-bond acceptors (Lipinski definition) is 4. The molecule has 1 aliphatic heterocycles. The number of nitrogens with zero attached hydrogens (tertiary/aromatic N) is 3. The largest absolute Gasteiger partial charge is 0.465 e. The van der Waals surface area contributed by atoms with Crippen molar-refractivity contribution in [2.45, 2.75) is 19.8 Å². The highest BCUT2D eigenvalue weighted by molar-refractivity contribution is 5.72. The van der Waals surface area contributed by atoms with Crippen molar-refractivity contribution >= 4 is 18.8 Å². The monoisotopic (exact) mass is 200 g/mol. The molecule has 80 valence electrons. The van der Waals surface area contributed by atoms with Gasteiger partial charge < -0.3 is 15.7 Å². The SMILES string of the molecule is CCCCN1C=NC=NC1.NC(=O)O. The van der Waals surface area contributed by atoms with Crippen molar-refractivity contribution in [2.75, 3.05) is 13.2 Å². The van der Waals surface area contributed by atoms with Gasteiger partial charge in [-0.1, -0.05) is 13.3 Å². The Morgan fingerprint density at radius 3 is 2.79 bits per heavy atom. The molecule has 0 radical (unpaired) electrons. The average Bonchev–Trinajstić information content (AvgIpc) is 2.15. The molecule has 0 fully saturated rings. The zero-order chi connectivity index (χ0) is 10.8. The molecule has 0 saturated heterocycles. The lowest BCUT2D eigenvalue weighted by molar-refractivity contribution is 0.205. The van der Waals surface area contributed by atoms with Crippen molar-refractivity contribution in [3.63, 3.8) is 0 Å². The molecule has 0 aromatic rings. The van der Waals surface area contributed by atoms with Crippen molar-refractivity contribution < 1.29 is 9.90 Å². The molecule has 0 aromatic carbocycles. The van der Waals surface area contributed by atoms with Crippen molar-refractivity contribution in [1.29, 1.82) is 0 Å². The van der Waals surface area contributed by atoms with Gasteiger partial charge in [-0.15, -0.1) is 0 Å². The maximum Gasteiger partial charge on any atom is 0.402 e. The third-order valence-electron chi connectivity index (χ3n) is 1.44. The van der Waals surface area contributed by atoms with Crippen molar-refractivity contribution in [3.05, 3.63) is 0 Å². The molecule has 0 unspecified atom stereocenters. The molecule has 0 saturated carbocycles. The van der Waals surface area contributed by atoms with E-state index in [1.807, 2.05) is 6.34 Å². The second-order valence-electron chi connectivity index (χ2n) is 2.71. The standard InChI is InChI=1S/C7H13N3.CH3NO2/c1-2-3-4-10-6-8-5-9-7-10;2-1(3)4/h5-6H,2-4,7H2,1H3;2H2,(H,3,4). The molecule has 0 atom stereocenters. The lowest BCUT2D eigenvalue weighted by Crippen LogP contribution is -2.25. The van der Waals surface area contributed by atoms with E-state index >= 15 is 0 Å². The summed E-state index contributed by atoms with van der Waals surface area (Å²) >= 11 is 0. The predicted molar refractivity (Wildman–Crippen MR) is 55.7 cm³/mol. The molecule has 1 heterocycles. The van der Waals surface area contributed by atoms with Crippen LogP contribution in [0, 0.1) is 0 Å². The molecule has 0 aliphatic carbocycles. The first-order chi connectivity index (χ1) is 6.66. The summed E-state index contributed by atoms with van der Waals surface area (Å²) < 4.78 is 0. The molecule has 0 aromatic heterocycles. The van der Waals surface area contributed by atoms with Gasteiger partial charge in [0.2, 0.25) is 0 Å². The highest BCUT2D eigenvalue weighted by Crippen LogP contribution is 1.94. The summed E-state index contributed by atoms with van der Waals surface area (Å²) in [6.45, 7) is 4.05. The highest BCUT2D eigenvalue weighted by atomic mass is 16.4. The minimum Gasteiger partial charge on any atom is -0.465 e. The van der Waals surface area contributed by atoms with E-state index in [0.717, 1.165) is 13.2 Å². The van der Waals surface area contributed by atoms with Crippen LogP contribution in [0.3, 0.4) is 0 Å². The topological polar surface area (TPSA) is 91.3 Å². The van der Waals surface area contributed by atoms with Crippen LogP contribution in [0.5, 0.6) is 0 Å². The number of carboxylic acid groups (broad SMARTS) is 1. The summed E-state index contributed by atoms with van der Waals surface area (Å²) in [4.78, 5) is 18.8. The van der Waals surface area contributed by atoms with Crippen LogP contribution in [0.15, 0.2) is 9.98 Å². The summed E-state index contributed by atoms with van der Waals surface area (Å²) in [6.07, 6.45) is 4.57. The number of primary amides is 1. The Bertz CT molecular complexity index is 211. The Labute approximate surface area is 83.1 Å². The van der Waals surface area contributed by atoms with Crippen LogP contribution in [0.25, 0.3) is 0 Å². The average molecular weight is 200 g/mol. The van der Waals surface area contributed by atoms with Gasteiger partial charge in [-0.3, -0.25) is 4.99 Å². The number of amides is 1. The van der Waals surface area contributed by atoms with E-state index in [4.69, 9.17) is 9.90 Å². The molecule has 1 amide bonds. The summed E-state index contributed by atoms with van der Waals surface area (Å²) in [6, 6.07) is 0. The number of carbonyl (C=O) groups is 1. The quantitative estimate of drug-likeness (QED) is 0.703. The minimum absolute atomic E-state index is 0.781. The lowest BCUT2D eigenvalue weighted by Gasteiger charge is -2.17. The Morgan fingerprint density at radius 2 is 2.36 bits per heavy atom. The van der Waals surface area contributed by atoms with Crippen LogP contribution >= 0.6 is 0 Å². The lowest BCUT2D eigenvalue weighted by atomic mass is 10.3. The first-order valence-electron chi connectivity index (χ1n) is 4.40. The van der Waals surface area contributed by atoms with Gasteiger partial charge in [-0.05, 0) is 6.42 Å². The Morgan fingerprint density at radius 1 is 1.71 bits per heavy atom. The van der Waals surface area contributed by atoms with Gasteiger partial charge in [0.05, 0.1) is 6.34 Å². The van der Waals surface area contributed by atoms with E-state index < -0.39 is 6.09 Å². The van der Waals surface area contributed by atoms with Crippen molar-refractivity contribution in [1.82, 2.24) is 4.90 Å². The summed E-state index contributed by atoms with van der Waals surface area (Å²) in [5.74, 6) is 0. The molecular formula is C8H16N4O2. The van der Waals surface area contributed by atoms with Crippen LogP contribution in [0.2, 0.25) is 0 Å². The van der Waals surface area contributed by atoms with Gasteiger partial charge in [0.25, 0.3) is 0 Å². The number of aliphatic imine (C=N–C) groups is 2. The molecule has 14 heavy (non-hydrogen) atoms. The van der Waals surface area contributed by atoms with Gasteiger partial charge in [0.1, 0.15) is 13.0 Å².